The molecule has 1 aromatic rings. The van der Waals surface area contributed by atoms with E-state index < -0.39 is 5.97 Å². The lowest BCUT2D eigenvalue weighted by Gasteiger charge is -2.03. The molecule has 0 saturated carbocycles. The minimum absolute atomic E-state index is 0.149. The van der Waals surface area contributed by atoms with Gasteiger partial charge < -0.3 is 5.11 Å². The SMILES string of the molecule is CCCn1nc(CC(=O)O)ccc1=O. The molecular weight excluding hydrogens is 184 g/mol. The van der Waals surface area contributed by atoms with Crippen LogP contribution in [-0.4, -0.2) is 20.9 Å². The van der Waals surface area contributed by atoms with Gasteiger partial charge in [-0.3, -0.25) is 9.59 Å². The van der Waals surface area contributed by atoms with Crippen molar-refractivity contribution >= 4 is 5.97 Å². The minimum Gasteiger partial charge on any atom is -0.481 e. The Morgan fingerprint density at radius 3 is 2.86 bits per heavy atom. The largest absolute Gasteiger partial charge is 0.481 e. The molecule has 1 rings (SSSR count). The average molecular weight is 196 g/mol. The third-order valence-corrected chi connectivity index (χ3v) is 1.69. The predicted octanol–water partition coefficient (Wildman–Crippen LogP) is 0.280. The number of carboxylic acids is 1. The number of hydrogen-bond acceptors (Lipinski definition) is 3. The maximum atomic E-state index is 11.2. The lowest BCUT2D eigenvalue weighted by Crippen LogP contribution is -2.23. The number of hydrogen-bond donors (Lipinski definition) is 1. The molecule has 0 bridgehead atoms. The molecule has 0 radical (unpaired) electrons. The fraction of sp³-hybridized carbons (Fsp3) is 0.444. The lowest BCUT2D eigenvalue weighted by atomic mass is 10.3. The summed E-state index contributed by atoms with van der Waals surface area (Å²) in [4.78, 5) is 21.6. The van der Waals surface area contributed by atoms with Crippen LogP contribution in [0.3, 0.4) is 0 Å². The van der Waals surface area contributed by atoms with Gasteiger partial charge >= 0.3 is 5.97 Å². The Morgan fingerprint density at radius 1 is 1.57 bits per heavy atom. The molecule has 0 spiro atoms. The van der Waals surface area contributed by atoms with Gasteiger partial charge in [0.25, 0.3) is 5.56 Å². The van der Waals surface area contributed by atoms with E-state index in [1.807, 2.05) is 6.92 Å². The monoisotopic (exact) mass is 196 g/mol. The van der Waals surface area contributed by atoms with E-state index in [0.29, 0.717) is 12.2 Å². The molecule has 0 aliphatic carbocycles. The van der Waals surface area contributed by atoms with Crippen molar-refractivity contribution in [2.75, 3.05) is 0 Å². The van der Waals surface area contributed by atoms with Gasteiger partial charge in [-0.1, -0.05) is 6.92 Å². The van der Waals surface area contributed by atoms with Crippen LogP contribution in [0.15, 0.2) is 16.9 Å². The molecule has 1 N–H and O–H groups in total. The summed E-state index contributed by atoms with van der Waals surface area (Å²) in [6.07, 6.45) is 0.646. The van der Waals surface area contributed by atoms with Gasteiger partial charge in [0.05, 0.1) is 12.1 Å². The molecule has 1 heterocycles. The Hall–Kier alpha value is -1.65. The van der Waals surface area contributed by atoms with E-state index in [1.54, 1.807) is 0 Å². The molecule has 76 valence electrons. The molecule has 0 aliphatic rings. The number of aryl methyl sites for hydroxylation is 1. The summed E-state index contributed by atoms with van der Waals surface area (Å²) < 4.78 is 1.29. The highest BCUT2D eigenvalue weighted by Gasteiger charge is 2.03. The zero-order chi connectivity index (χ0) is 10.6. The van der Waals surface area contributed by atoms with E-state index in [4.69, 9.17) is 5.11 Å². The van der Waals surface area contributed by atoms with Gasteiger partial charge in [0.15, 0.2) is 0 Å². The average Bonchev–Trinajstić information content (AvgIpc) is 2.10. The van der Waals surface area contributed by atoms with E-state index in [9.17, 15) is 9.59 Å². The van der Waals surface area contributed by atoms with Crippen molar-refractivity contribution in [3.8, 4) is 0 Å². The van der Waals surface area contributed by atoms with Crippen LogP contribution < -0.4 is 5.56 Å². The van der Waals surface area contributed by atoms with Crippen LogP contribution in [0.2, 0.25) is 0 Å². The standard InChI is InChI=1S/C9H12N2O3/c1-2-5-11-8(12)4-3-7(10-11)6-9(13)14/h3-4H,2,5-6H2,1H3,(H,13,14). The van der Waals surface area contributed by atoms with Gasteiger partial charge in [-0.15, -0.1) is 0 Å². The molecule has 0 unspecified atom stereocenters. The quantitative estimate of drug-likeness (QED) is 0.750. The Balaban J connectivity index is 2.94. The van der Waals surface area contributed by atoms with Crippen molar-refractivity contribution in [3.05, 3.63) is 28.2 Å². The third kappa shape index (κ3) is 2.69. The minimum atomic E-state index is -0.945. The molecule has 5 nitrogen and oxygen atoms in total. The van der Waals surface area contributed by atoms with Crippen LogP contribution in [0.5, 0.6) is 0 Å². The Bertz CT molecular complexity index is 384. The molecule has 0 saturated heterocycles. The second-order valence-corrected chi connectivity index (χ2v) is 2.96. The topological polar surface area (TPSA) is 72.2 Å². The summed E-state index contributed by atoms with van der Waals surface area (Å²) in [7, 11) is 0. The first-order valence-corrected chi connectivity index (χ1v) is 4.42. The summed E-state index contributed by atoms with van der Waals surface area (Å²) in [5.41, 5.74) is 0.214. The molecule has 0 fully saturated rings. The second kappa shape index (κ2) is 4.55. The number of carboxylic acid groups (broad SMARTS) is 1. The molecule has 0 atom stereocenters. The highest BCUT2D eigenvalue weighted by atomic mass is 16.4. The first-order valence-electron chi connectivity index (χ1n) is 4.42. The zero-order valence-corrected chi connectivity index (χ0v) is 7.93. The van der Waals surface area contributed by atoms with Crippen LogP contribution in [-0.2, 0) is 17.8 Å². The zero-order valence-electron chi connectivity index (χ0n) is 7.93. The van der Waals surface area contributed by atoms with Gasteiger partial charge in [-0.25, -0.2) is 4.68 Å². The van der Waals surface area contributed by atoms with Gasteiger partial charge in [0.1, 0.15) is 0 Å². The summed E-state index contributed by atoms with van der Waals surface area (Å²) in [5, 5.41) is 12.5. The summed E-state index contributed by atoms with van der Waals surface area (Å²) in [6, 6.07) is 2.80. The fourth-order valence-electron chi connectivity index (χ4n) is 1.11. The number of rotatable bonds is 4. The molecule has 14 heavy (non-hydrogen) atoms. The first-order chi connectivity index (χ1) is 6.63. The van der Waals surface area contributed by atoms with Crippen LogP contribution in [0, 0.1) is 0 Å². The molecule has 1 aromatic heterocycles. The van der Waals surface area contributed by atoms with Crippen LogP contribution in [0.4, 0.5) is 0 Å². The van der Waals surface area contributed by atoms with Crippen LogP contribution in [0.1, 0.15) is 19.0 Å². The van der Waals surface area contributed by atoms with Gasteiger partial charge in [0.2, 0.25) is 0 Å². The van der Waals surface area contributed by atoms with E-state index >= 15 is 0 Å². The van der Waals surface area contributed by atoms with Crippen molar-refractivity contribution in [1.29, 1.82) is 0 Å². The number of aliphatic carboxylic acids is 1. The van der Waals surface area contributed by atoms with Crippen molar-refractivity contribution in [2.24, 2.45) is 0 Å². The predicted molar refractivity (Wildman–Crippen MR) is 50.1 cm³/mol. The lowest BCUT2D eigenvalue weighted by molar-refractivity contribution is -0.136. The maximum absolute atomic E-state index is 11.2. The van der Waals surface area contributed by atoms with Crippen molar-refractivity contribution in [3.63, 3.8) is 0 Å². The van der Waals surface area contributed by atoms with Crippen molar-refractivity contribution in [1.82, 2.24) is 9.78 Å². The number of nitrogens with zero attached hydrogens (tertiary/aromatic N) is 2. The van der Waals surface area contributed by atoms with Crippen molar-refractivity contribution < 1.29 is 9.90 Å². The van der Waals surface area contributed by atoms with Crippen LogP contribution >= 0.6 is 0 Å². The number of carbonyl (C=O) groups is 1. The second-order valence-electron chi connectivity index (χ2n) is 2.96. The number of aromatic nitrogens is 2. The third-order valence-electron chi connectivity index (χ3n) is 1.69. The highest BCUT2D eigenvalue weighted by Crippen LogP contribution is 1.93. The maximum Gasteiger partial charge on any atom is 0.309 e. The molecule has 5 heteroatoms. The van der Waals surface area contributed by atoms with E-state index in [0.717, 1.165) is 6.42 Å². The summed E-state index contributed by atoms with van der Waals surface area (Å²) in [5.74, 6) is -0.945. The molecule has 0 amide bonds. The van der Waals surface area contributed by atoms with Crippen LogP contribution in [0.25, 0.3) is 0 Å². The Labute approximate surface area is 81.0 Å². The molecule has 0 aliphatic heterocycles. The Kier molecular flexibility index (Phi) is 3.39. The van der Waals surface area contributed by atoms with E-state index in [-0.39, 0.29) is 12.0 Å². The molecule has 0 aromatic carbocycles. The van der Waals surface area contributed by atoms with E-state index in [1.165, 1.54) is 16.8 Å². The van der Waals surface area contributed by atoms with E-state index in [2.05, 4.69) is 5.10 Å². The normalized spacial score (nSPS) is 10.1. The summed E-state index contributed by atoms with van der Waals surface area (Å²) >= 11 is 0. The highest BCUT2D eigenvalue weighted by molar-refractivity contribution is 5.69. The fourth-order valence-corrected chi connectivity index (χ4v) is 1.11. The molecular formula is C9H12N2O3. The Morgan fingerprint density at radius 2 is 2.29 bits per heavy atom. The smallest absolute Gasteiger partial charge is 0.309 e. The van der Waals surface area contributed by atoms with Crippen molar-refractivity contribution in [2.45, 2.75) is 26.3 Å². The van der Waals surface area contributed by atoms with Gasteiger partial charge in [-0.05, 0) is 12.5 Å². The first kappa shape index (κ1) is 10.4. The van der Waals surface area contributed by atoms with Gasteiger partial charge in [0, 0.05) is 12.6 Å². The summed E-state index contributed by atoms with van der Waals surface area (Å²) in [6.45, 7) is 2.45. The van der Waals surface area contributed by atoms with Gasteiger partial charge in [-0.2, -0.15) is 5.10 Å².